The molecule has 0 saturated carbocycles. The molecule has 0 fully saturated rings. The summed E-state index contributed by atoms with van der Waals surface area (Å²) in [4.78, 5) is 24.3. The number of aromatic amines is 1. The van der Waals surface area contributed by atoms with E-state index in [1.165, 1.54) is 6.07 Å². The topological polar surface area (TPSA) is 85.2 Å². The number of nitrogens with zero attached hydrogens (tertiary/aromatic N) is 1. The van der Waals surface area contributed by atoms with E-state index in [2.05, 4.69) is 10.2 Å². The zero-order chi connectivity index (χ0) is 18.3. The maximum atomic E-state index is 12.4. The van der Waals surface area contributed by atoms with Crippen molar-refractivity contribution in [2.24, 2.45) is 0 Å². The quantitative estimate of drug-likeness (QED) is 0.451. The van der Waals surface area contributed by atoms with Gasteiger partial charge in [-0.05, 0) is 31.0 Å². The molecular weight excluding hydrogens is 332 g/mol. The van der Waals surface area contributed by atoms with Gasteiger partial charge in [-0.25, -0.2) is 9.59 Å². The zero-order valence-electron chi connectivity index (χ0n) is 14.3. The van der Waals surface area contributed by atoms with Crippen LogP contribution in [-0.2, 0) is 11.3 Å². The van der Waals surface area contributed by atoms with Gasteiger partial charge in [-0.1, -0.05) is 30.3 Å². The van der Waals surface area contributed by atoms with Crippen molar-refractivity contribution in [1.29, 1.82) is 0 Å². The molecule has 2 aromatic carbocycles. The van der Waals surface area contributed by atoms with Gasteiger partial charge >= 0.3 is 11.6 Å². The average molecular weight is 348 g/mol. The van der Waals surface area contributed by atoms with Gasteiger partial charge in [-0.3, -0.25) is 5.10 Å². The second-order valence-electron chi connectivity index (χ2n) is 6.17. The maximum Gasteiger partial charge on any atom is 0.359 e. The molecular formula is C20H16N2O4. The summed E-state index contributed by atoms with van der Waals surface area (Å²) in [7, 11) is 0. The molecule has 6 heteroatoms. The first kappa shape index (κ1) is 16.1. The highest BCUT2D eigenvalue weighted by Crippen LogP contribution is 2.24. The van der Waals surface area contributed by atoms with Crippen LogP contribution in [0.15, 0.2) is 51.7 Å². The van der Waals surface area contributed by atoms with Crippen molar-refractivity contribution in [2.75, 3.05) is 0 Å². The van der Waals surface area contributed by atoms with Crippen LogP contribution in [0.25, 0.3) is 21.9 Å². The number of rotatable bonds is 3. The molecule has 0 unspecified atom stereocenters. The van der Waals surface area contributed by atoms with E-state index in [4.69, 9.17) is 9.15 Å². The Morgan fingerprint density at radius 1 is 1.15 bits per heavy atom. The number of benzene rings is 2. The fourth-order valence-corrected chi connectivity index (χ4v) is 2.97. The lowest BCUT2D eigenvalue weighted by atomic mass is 10.0. The number of aryl methyl sites for hydroxylation is 2. The van der Waals surface area contributed by atoms with Crippen LogP contribution in [0.1, 0.15) is 27.2 Å². The van der Waals surface area contributed by atoms with E-state index in [0.29, 0.717) is 16.5 Å². The summed E-state index contributed by atoms with van der Waals surface area (Å²) in [5, 5.41) is 8.29. The minimum absolute atomic E-state index is 0.0371. The third-order valence-electron chi connectivity index (χ3n) is 4.54. The van der Waals surface area contributed by atoms with Gasteiger partial charge in [0.05, 0.1) is 5.52 Å². The second kappa shape index (κ2) is 6.15. The first-order chi connectivity index (χ1) is 12.5. The molecule has 0 amide bonds. The lowest BCUT2D eigenvalue weighted by Gasteiger charge is -2.09. The molecule has 2 aromatic heterocycles. The van der Waals surface area contributed by atoms with Crippen molar-refractivity contribution in [2.45, 2.75) is 20.5 Å². The number of ether oxygens (including phenoxy) is 1. The second-order valence-corrected chi connectivity index (χ2v) is 6.17. The van der Waals surface area contributed by atoms with E-state index in [9.17, 15) is 9.59 Å². The predicted molar refractivity (Wildman–Crippen MR) is 97.2 cm³/mol. The molecule has 0 aliphatic heterocycles. The normalized spacial score (nSPS) is 11.2. The van der Waals surface area contributed by atoms with Crippen LogP contribution in [0.4, 0.5) is 0 Å². The molecule has 0 aliphatic rings. The molecule has 0 bridgehead atoms. The summed E-state index contributed by atoms with van der Waals surface area (Å²) in [5.41, 5.74) is 3.56. The number of esters is 1. The fraction of sp³-hybridized carbons (Fsp3) is 0.150. The molecule has 0 saturated heterocycles. The van der Waals surface area contributed by atoms with Crippen molar-refractivity contribution in [1.82, 2.24) is 10.2 Å². The lowest BCUT2D eigenvalue weighted by molar-refractivity contribution is 0.0469. The van der Waals surface area contributed by atoms with Gasteiger partial charge in [0.2, 0.25) is 0 Å². The molecule has 130 valence electrons. The summed E-state index contributed by atoms with van der Waals surface area (Å²) >= 11 is 0. The van der Waals surface area contributed by atoms with Crippen LogP contribution in [-0.4, -0.2) is 16.2 Å². The SMILES string of the molecule is Cc1ccc2c(COC(=O)c3n[nH]c4ccccc34)cc(=O)oc2c1C. The fourth-order valence-electron chi connectivity index (χ4n) is 2.97. The Bertz CT molecular complexity index is 1200. The summed E-state index contributed by atoms with van der Waals surface area (Å²) in [6.07, 6.45) is 0. The molecule has 0 atom stereocenters. The number of carbonyl (C=O) groups is 1. The van der Waals surface area contributed by atoms with Gasteiger partial charge in [-0.2, -0.15) is 5.10 Å². The minimum atomic E-state index is -0.548. The van der Waals surface area contributed by atoms with Gasteiger partial charge in [0.15, 0.2) is 5.69 Å². The van der Waals surface area contributed by atoms with E-state index in [1.807, 2.05) is 44.2 Å². The molecule has 4 aromatic rings. The molecule has 0 aliphatic carbocycles. The maximum absolute atomic E-state index is 12.4. The van der Waals surface area contributed by atoms with Gasteiger partial charge < -0.3 is 9.15 Å². The first-order valence-corrected chi connectivity index (χ1v) is 8.18. The number of aromatic nitrogens is 2. The third-order valence-corrected chi connectivity index (χ3v) is 4.54. The Balaban J connectivity index is 1.67. The molecule has 0 spiro atoms. The number of para-hydroxylation sites is 1. The monoisotopic (exact) mass is 348 g/mol. The number of carbonyl (C=O) groups excluding carboxylic acids is 1. The van der Waals surface area contributed by atoms with Crippen LogP contribution >= 0.6 is 0 Å². The Hall–Kier alpha value is -3.41. The third kappa shape index (κ3) is 2.65. The molecule has 26 heavy (non-hydrogen) atoms. The summed E-state index contributed by atoms with van der Waals surface area (Å²) in [6, 6.07) is 12.5. The van der Waals surface area contributed by atoms with Crippen LogP contribution < -0.4 is 5.63 Å². The molecule has 0 radical (unpaired) electrons. The van der Waals surface area contributed by atoms with Gasteiger partial charge in [0.25, 0.3) is 0 Å². The molecule has 6 nitrogen and oxygen atoms in total. The summed E-state index contributed by atoms with van der Waals surface area (Å²) in [6.45, 7) is 3.81. The van der Waals surface area contributed by atoms with E-state index >= 15 is 0 Å². The molecule has 1 N–H and O–H groups in total. The van der Waals surface area contributed by atoms with E-state index < -0.39 is 11.6 Å². The Morgan fingerprint density at radius 3 is 2.81 bits per heavy atom. The summed E-state index contributed by atoms with van der Waals surface area (Å²) < 4.78 is 10.7. The van der Waals surface area contributed by atoms with Gasteiger partial charge in [0.1, 0.15) is 12.2 Å². The number of H-pyrrole nitrogens is 1. The van der Waals surface area contributed by atoms with Crippen molar-refractivity contribution in [3.63, 3.8) is 0 Å². The lowest BCUT2D eigenvalue weighted by Crippen LogP contribution is -2.09. The standard InChI is InChI=1S/C20H16N2O4/c1-11-7-8-14-13(9-17(23)26-19(14)12(11)2)10-25-20(24)18-15-5-3-4-6-16(15)21-22-18/h3-9H,10H2,1-2H3,(H,21,22). The number of fused-ring (bicyclic) bond motifs is 2. The van der Waals surface area contributed by atoms with Crippen molar-refractivity contribution in [3.05, 3.63) is 75.3 Å². The number of nitrogens with one attached hydrogen (secondary N) is 1. The van der Waals surface area contributed by atoms with Crippen LogP contribution in [0.2, 0.25) is 0 Å². The Labute approximate surface area is 148 Å². The highest BCUT2D eigenvalue weighted by atomic mass is 16.5. The van der Waals surface area contributed by atoms with Crippen LogP contribution in [0, 0.1) is 13.8 Å². The van der Waals surface area contributed by atoms with Gasteiger partial charge in [0, 0.05) is 22.4 Å². The molecule has 2 heterocycles. The highest BCUT2D eigenvalue weighted by Gasteiger charge is 2.17. The number of hydrogen-bond donors (Lipinski definition) is 1. The highest BCUT2D eigenvalue weighted by molar-refractivity contribution is 6.01. The van der Waals surface area contributed by atoms with Crippen molar-refractivity contribution < 1.29 is 13.9 Å². The van der Waals surface area contributed by atoms with E-state index in [-0.39, 0.29) is 12.3 Å². The van der Waals surface area contributed by atoms with Gasteiger partial charge in [-0.15, -0.1) is 0 Å². The van der Waals surface area contributed by atoms with Crippen molar-refractivity contribution in [3.8, 4) is 0 Å². The largest absolute Gasteiger partial charge is 0.456 e. The smallest absolute Gasteiger partial charge is 0.359 e. The van der Waals surface area contributed by atoms with Crippen molar-refractivity contribution >= 4 is 27.8 Å². The first-order valence-electron chi connectivity index (χ1n) is 8.18. The van der Waals surface area contributed by atoms with Crippen LogP contribution in [0.5, 0.6) is 0 Å². The Morgan fingerprint density at radius 2 is 1.96 bits per heavy atom. The zero-order valence-corrected chi connectivity index (χ0v) is 14.3. The Kier molecular flexibility index (Phi) is 3.80. The van der Waals surface area contributed by atoms with E-state index in [0.717, 1.165) is 22.0 Å². The van der Waals surface area contributed by atoms with E-state index in [1.54, 1.807) is 6.07 Å². The molecule has 4 rings (SSSR count). The summed E-state index contributed by atoms with van der Waals surface area (Å²) in [5.74, 6) is -0.548. The predicted octanol–water partition coefficient (Wildman–Crippen LogP) is 3.64. The average Bonchev–Trinajstić information content (AvgIpc) is 3.07. The van der Waals surface area contributed by atoms with Crippen LogP contribution in [0.3, 0.4) is 0 Å². The number of hydrogen-bond acceptors (Lipinski definition) is 5. The minimum Gasteiger partial charge on any atom is -0.456 e.